The molecule has 0 saturated heterocycles. The molecule has 0 saturated carbocycles. The van der Waals surface area contributed by atoms with Crippen molar-refractivity contribution in [1.82, 2.24) is 5.32 Å². The Morgan fingerprint density at radius 2 is 2.00 bits per heavy atom. The average molecular weight is 339 g/mol. The third-order valence-corrected chi connectivity index (χ3v) is 3.41. The molecule has 6 heteroatoms. The first-order chi connectivity index (χ1) is 11.2. The highest BCUT2D eigenvalue weighted by atomic mass is 16.6. The molecule has 6 nitrogen and oxygen atoms in total. The van der Waals surface area contributed by atoms with Crippen LogP contribution in [0.4, 0.5) is 0 Å². The number of hydrogen-bond donors (Lipinski definition) is 1. The molecule has 2 atom stereocenters. The lowest BCUT2D eigenvalue weighted by Crippen LogP contribution is -2.35. The van der Waals surface area contributed by atoms with Crippen molar-refractivity contribution in [3.63, 3.8) is 0 Å². The summed E-state index contributed by atoms with van der Waals surface area (Å²) in [5.41, 5.74) is -0.519. The van der Waals surface area contributed by atoms with E-state index in [0.717, 1.165) is 5.76 Å². The van der Waals surface area contributed by atoms with Gasteiger partial charge in [-0.05, 0) is 52.2 Å². The van der Waals surface area contributed by atoms with E-state index in [0.29, 0.717) is 19.4 Å². The van der Waals surface area contributed by atoms with Crippen LogP contribution >= 0.6 is 0 Å². The molecule has 0 aliphatic heterocycles. The lowest BCUT2D eigenvalue weighted by atomic mass is 9.94. The predicted molar refractivity (Wildman–Crippen MR) is 90.3 cm³/mol. The van der Waals surface area contributed by atoms with E-state index in [-0.39, 0.29) is 30.4 Å². The predicted octanol–water partition coefficient (Wildman–Crippen LogP) is 3.23. The summed E-state index contributed by atoms with van der Waals surface area (Å²) in [6, 6.07) is 3.48. The van der Waals surface area contributed by atoms with Crippen LogP contribution < -0.4 is 5.32 Å². The largest absolute Gasteiger partial charge is 0.468 e. The van der Waals surface area contributed by atoms with Crippen molar-refractivity contribution in [2.45, 2.75) is 59.1 Å². The zero-order valence-corrected chi connectivity index (χ0v) is 15.3. The summed E-state index contributed by atoms with van der Waals surface area (Å²) in [6.07, 6.45) is 2.56. The second-order valence-electron chi connectivity index (χ2n) is 6.78. The molecule has 1 N–H and O–H groups in total. The second kappa shape index (κ2) is 9.47. The standard InChI is InChI=1S/C18H29NO5/c1-6-22-15(20)10-9-13(2)17(14-8-7-11-23-14)19-12-16(21)24-18(3,4)5/h7-8,11,13,17,19H,6,9-10,12H2,1-5H3/t13-,17+/m1/s1. The zero-order valence-electron chi connectivity index (χ0n) is 15.3. The number of rotatable bonds is 9. The molecule has 0 aliphatic rings. The highest BCUT2D eigenvalue weighted by Crippen LogP contribution is 2.26. The Bertz CT molecular complexity index is 504. The van der Waals surface area contributed by atoms with E-state index < -0.39 is 5.60 Å². The Morgan fingerprint density at radius 3 is 2.54 bits per heavy atom. The maximum absolute atomic E-state index is 11.9. The Balaban J connectivity index is 2.61. The van der Waals surface area contributed by atoms with Gasteiger partial charge in [0.05, 0.1) is 25.5 Å². The van der Waals surface area contributed by atoms with Crippen LogP contribution in [0.5, 0.6) is 0 Å². The van der Waals surface area contributed by atoms with Crippen LogP contribution in [-0.4, -0.2) is 30.7 Å². The first-order valence-corrected chi connectivity index (χ1v) is 8.37. The summed E-state index contributed by atoms with van der Waals surface area (Å²) in [5.74, 6) is 0.282. The first kappa shape index (κ1) is 20.2. The van der Waals surface area contributed by atoms with Crippen molar-refractivity contribution in [3.8, 4) is 0 Å². The van der Waals surface area contributed by atoms with Crippen molar-refractivity contribution in [2.24, 2.45) is 5.92 Å². The normalized spacial score (nSPS) is 14.0. The summed E-state index contributed by atoms with van der Waals surface area (Å²) < 4.78 is 15.7. The molecule has 0 radical (unpaired) electrons. The van der Waals surface area contributed by atoms with Gasteiger partial charge in [-0.2, -0.15) is 0 Å². The summed E-state index contributed by atoms with van der Waals surface area (Å²) in [6.45, 7) is 9.74. The molecule has 0 unspecified atom stereocenters. The van der Waals surface area contributed by atoms with Crippen LogP contribution in [0.3, 0.4) is 0 Å². The third kappa shape index (κ3) is 7.64. The molecule has 24 heavy (non-hydrogen) atoms. The van der Waals surface area contributed by atoms with Gasteiger partial charge in [-0.3, -0.25) is 14.9 Å². The molecule has 0 amide bonds. The number of carbonyl (C=O) groups excluding carboxylic acids is 2. The van der Waals surface area contributed by atoms with E-state index in [4.69, 9.17) is 13.9 Å². The first-order valence-electron chi connectivity index (χ1n) is 8.37. The lowest BCUT2D eigenvalue weighted by Gasteiger charge is -2.24. The molecule has 1 heterocycles. The third-order valence-electron chi connectivity index (χ3n) is 3.41. The van der Waals surface area contributed by atoms with Gasteiger partial charge in [0, 0.05) is 6.42 Å². The van der Waals surface area contributed by atoms with Crippen LogP contribution in [-0.2, 0) is 19.1 Å². The molecule has 0 fully saturated rings. The smallest absolute Gasteiger partial charge is 0.320 e. The number of ether oxygens (including phenoxy) is 2. The zero-order chi connectivity index (χ0) is 18.2. The summed E-state index contributed by atoms with van der Waals surface area (Å²) in [4.78, 5) is 23.5. The fourth-order valence-corrected chi connectivity index (χ4v) is 2.37. The monoisotopic (exact) mass is 339 g/mol. The van der Waals surface area contributed by atoms with Gasteiger partial charge < -0.3 is 13.9 Å². The Hall–Kier alpha value is -1.82. The van der Waals surface area contributed by atoms with E-state index in [2.05, 4.69) is 5.32 Å². The van der Waals surface area contributed by atoms with Gasteiger partial charge in [0.15, 0.2) is 0 Å². The molecule has 1 aromatic heterocycles. The topological polar surface area (TPSA) is 77.8 Å². The summed E-state index contributed by atoms with van der Waals surface area (Å²) >= 11 is 0. The average Bonchev–Trinajstić information content (AvgIpc) is 2.97. The van der Waals surface area contributed by atoms with Gasteiger partial charge in [-0.25, -0.2) is 0 Å². The van der Waals surface area contributed by atoms with Gasteiger partial charge in [0.1, 0.15) is 11.4 Å². The molecule has 0 spiro atoms. The maximum Gasteiger partial charge on any atom is 0.320 e. The minimum Gasteiger partial charge on any atom is -0.468 e. The van der Waals surface area contributed by atoms with E-state index >= 15 is 0 Å². The van der Waals surface area contributed by atoms with Crippen molar-refractivity contribution in [2.75, 3.05) is 13.2 Å². The van der Waals surface area contributed by atoms with Crippen LogP contribution in [0, 0.1) is 5.92 Å². The summed E-state index contributed by atoms with van der Waals surface area (Å²) in [7, 11) is 0. The van der Waals surface area contributed by atoms with Gasteiger partial charge in [-0.1, -0.05) is 6.92 Å². The molecule has 1 rings (SSSR count). The van der Waals surface area contributed by atoms with E-state index in [1.54, 1.807) is 19.3 Å². The quantitative estimate of drug-likeness (QED) is 0.696. The Kier molecular flexibility index (Phi) is 7.98. The summed E-state index contributed by atoms with van der Waals surface area (Å²) in [5, 5.41) is 3.18. The molecule has 136 valence electrons. The van der Waals surface area contributed by atoms with E-state index in [1.807, 2.05) is 33.8 Å². The Labute approximate surface area is 143 Å². The van der Waals surface area contributed by atoms with Gasteiger partial charge >= 0.3 is 11.9 Å². The Morgan fingerprint density at radius 1 is 1.29 bits per heavy atom. The van der Waals surface area contributed by atoms with Crippen molar-refractivity contribution in [3.05, 3.63) is 24.2 Å². The fourth-order valence-electron chi connectivity index (χ4n) is 2.37. The van der Waals surface area contributed by atoms with E-state index in [1.165, 1.54) is 0 Å². The minimum atomic E-state index is -0.519. The fraction of sp³-hybridized carbons (Fsp3) is 0.667. The SMILES string of the molecule is CCOC(=O)CC[C@@H](C)[C@H](NCC(=O)OC(C)(C)C)c1ccco1. The molecule has 0 aromatic carbocycles. The molecular formula is C18H29NO5. The second-order valence-corrected chi connectivity index (χ2v) is 6.78. The highest BCUT2D eigenvalue weighted by molar-refractivity contribution is 5.72. The van der Waals surface area contributed by atoms with Gasteiger partial charge in [0.2, 0.25) is 0 Å². The van der Waals surface area contributed by atoms with Crippen molar-refractivity contribution in [1.29, 1.82) is 0 Å². The van der Waals surface area contributed by atoms with Crippen LogP contribution in [0.25, 0.3) is 0 Å². The van der Waals surface area contributed by atoms with Crippen LogP contribution in [0.1, 0.15) is 59.3 Å². The number of hydrogen-bond acceptors (Lipinski definition) is 6. The molecule has 1 aromatic rings. The van der Waals surface area contributed by atoms with Crippen LogP contribution in [0.15, 0.2) is 22.8 Å². The molecule has 0 bridgehead atoms. The lowest BCUT2D eigenvalue weighted by molar-refractivity contribution is -0.154. The van der Waals surface area contributed by atoms with Crippen molar-refractivity contribution < 1.29 is 23.5 Å². The number of furan rings is 1. The van der Waals surface area contributed by atoms with E-state index in [9.17, 15) is 9.59 Å². The highest BCUT2D eigenvalue weighted by Gasteiger charge is 2.24. The minimum absolute atomic E-state index is 0.0758. The number of carbonyl (C=O) groups is 2. The van der Waals surface area contributed by atoms with Gasteiger partial charge in [0.25, 0.3) is 0 Å². The van der Waals surface area contributed by atoms with Crippen LogP contribution in [0.2, 0.25) is 0 Å². The van der Waals surface area contributed by atoms with Crippen molar-refractivity contribution >= 4 is 11.9 Å². The maximum atomic E-state index is 11.9. The number of esters is 2. The number of nitrogens with one attached hydrogen (secondary N) is 1. The molecule has 0 aliphatic carbocycles. The van der Waals surface area contributed by atoms with Gasteiger partial charge in [-0.15, -0.1) is 0 Å². The molecular weight excluding hydrogens is 310 g/mol.